The summed E-state index contributed by atoms with van der Waals surface area (Å²) in [6.07, 6.45) is 0. The van der Waals surface area contributed by atoms with Crippen LogP contribution in [0, 0.1) is 0 Å². The molecule has 3 aromatic carbocycles. The van der Waals surface area contributed by atoms with Gasteiger partial charge in [0.2, 0.25) is 0 Å². The molecule has 0 fully saturated rings. The number of nitrogens with zero attached hydrogens (tertiary/aromatic N) is 1. The molecule has 0 bridgehead atoms. The lowest BCUT2D eigenvalue weighted by molar-refractivity contribution is 0.0537. The summed E-state index contributed by atoms with van der Waals surface area (Å²) < 4.78 is 0. The summed E-state index contributed by atoms with van der Waals surface area (Å²) in [6.45, 7) is 0. The van der Waals surface area contributed by atoms with Crippen LogP contribution >= 0.6 is 35.0 Å². The smallest absolute Gasteiger partial charge is 0.274 e. The van der Waals surface area contributed by atoms with Crippen molar-refractivity contribution >= 4 is 52.3 Å². The van der Waals surface area contributed by atoms with E-state index in [2.05, 4.69) is 5.48 Å². The zero-order chi connectivity index (χ0) is 19.7. The van der Waals surface area contributed by atoms with Gasteiger partial charge in [-0.05, 0) is 42.5 Å². The van der Waals surface area contributed by atoms with Crippen LogP contribution in [0.2, 0.25) is 10.0 Å². The largest absolute Gasteiger partial charge is 0.277 e. The van der Waals surface area contributed by atoms with E-state index in [9.17, 15) is 4.79 Å². The number of rotatable bonds is 3. The van der Waals surface area contributed by atoms with Gasteiger partial charge in [-0.25, -0.2) is 10.5 Å². The zero-order valence-electron chi connectivity index (χ0n) is 14.7. The highest BCUT2D eigenvalue weighted by Crippen LogP contribution is 2.42. The summed E-state index contributed by atoms with van der Waals surface area (Å²) in [7, 11) is 1.40. The average molecular weight is 429 g/mol. The first-order valence-electron chi connectivity index (χ1n) is 8.35. The number of aliphatic imine (C=N–C) groups is 1. The summed E-state index contributed by atoms with van der Waals surface area (Å²) >= 11 is 14.1. The molecule has 0 saturated heterocycles. The summed E-state index contributed by atoms with van der Waals surface area (Å²) in [5.74, 6) is -0.335. The Morgan fingerprint density at radius 3 is 2.61 bits per heavy atom. The monoisotopic (exact) mass is 428 g/mol. The molecular formula is C21H14Cl2N2O2S. The number of fused-ring (bicyclic) bond motifs is 2. The van der Waals surface area contributed by atoms with E-state index in [1.165, 1.54) is 7.11 Å². The molecule has 4 rings (SSSR count). The Morgan fingerprint density at radius 1 is 1.00 bits per heavy atom. The van der Waals surface area contributed by atoms with Gasteiger partial charge in [0.25, 0.3) is 5.91 Å². The van der Waals surface area contributed by atoms with E-state index < -0.39 is 0 Å². The van der Waals surface area contributed by atoms with E-state index in [1.807, 2.05) is 36.4 Å². The summed E-state index contributed by atoms with van der Waals surface area (Å²) in [5, 5.41) is 1.08. The first-order valence-corrected chi connectivity index (χ1v) is 9.93. The second-order valence-electron chi connectivity index (χ2n) is 6.00. The van der Waals surface area contributed by atoms with Crippen LogP contribution in [-0.2, 0) is 4.84 Å². The van der Waals surface area contributed by atoms with Crippen molar-refractivity contribution in [3.05, 3.63) is 87.4 Å². The van der Waals surface area contributed by atoms with E-state index in [-0.39, 0.29) is 5.91 Å². The predicted molar refractivity (Wildman–Crippen MR) is 113 cm³/mol. The van der Waals surface area contributed by atoms with Crippen molar-refractivity contribution in [1.29, 1.82) is 0 Å². The molecule has 0 aromatic heterocycles. The first kappa shape index (κ1) is 19.0. The lowest BCUT2D eigenvalue weighted by Crippen LogP contribution is -2.21. The van der Waals surface area contributed by atoms with E-state index in [0.29, 0.717) is 21.3 Å². The van der Waals surface area contributed by atoms with Crippen molar-refractivity contribution < 1.29 is 9.63 Å². The number of hydroxylamine groups is 1. The van der Waals surface area contributed by atoms with Gasteiger partial charge in [0.15, 0.2) is 0 Å². The fourth-order valence-corrected chi connectivity index (χ4v) is 4.42. The van der Waals surface area contributed by atoms with Gasteiger partial charge >= 0.3 is 0 Å². The molecule has 3 aromatic rings. The van der Waals surface area contributed by atoms with Gasteiger partial charge in [0.05, 0.1) is 23.5 Å². The third-order valence-electron chi connectivity index (χ3n) is 4.20. The average Bonchev–Trinajstić information content (AvgIpc) is 2.84. The number of amides is 1. The molecule has 0 aliphatic carbocycles. The van der Waals surface area contributed by atoms with Crippen LogP contribution in [0.1, 0.15) is 21.5 Å². The molecule has 0 saturated carbocycles. The van der Waals surface area contributed by atoms with Crippen LogP contribution in [0.3, 0.4) is 0 Å². The minimum atomic E-state index is -0.335. The van der Waals surface area contributed by atoms with Crippen molar-refractivity contribution in [2.45, 2.75) is 9.79 Å². The molecule has 1 aliphatic heterocycles. The molecule has 0 radical (unpaired) electrons. The Labute approximate surface area is 176 Å². The summed E-state index contributed by atoms with van der Waals surface area (Å²) in [5.41, 5.74) is 5.95. The highest BCUT2D eigenvalue weighted by Gasteiger charge is 2.21. The number of hydrogen-bond acceptors (Lipinski definition) is 4. The van der Waals surface area contributed by atoms with E-state index in [1.54, 1.807) is 36.0 Å². The molecule has 1 amide bonds. The number of nitrogens with one attached hydrogen (secondary N) is 1. The molecule has 1 aliphatic rings. The van der Waals surface area contributed by atoms with Gasteiger partial charge in [-0.15, -0.1) is 0 Å². The van der Waals surface area contributed by atoms with Crippen molar-refractivity contribution in [2.24, 2.45) is 4.99 Å². The van der Waals surface area contributed by atoms with Gasteiger partial charge in [0, 0.05) is 31.5 Å². The van der Waals surface area contributed by atoms with Crippen molar-refractivity contribution in [3.8, 4) is 0 Å². The second-order valence-corrected chi connectivity index (χ2v) is 7.93. The van der Waals surface area contributed by atoms with Gasteiger partial charge in [-0.2, -0.15) is 0 Å². The predicted octanol–water partition coefficient (Wildman–Crippen LogP) is 5.92. The van der Waals surface area contributed by atoms with Gasteiger partial charge < -0.3 is 0 Å². The number of halogens is 2. The molecule has 0 atom stereocenters. The Morgan fingerprint density at radius 2 is 1.82 bits per heavy atom. The topological polar surface area (TPSA) is 50.7 Å². The minimum Gasteiger partial charge on any atom is -0.277 e. The Balaban J connectivity index is 1.92. The summed E-state index contributed by atoms with van der Waals surface area (Å²) in [6, 6.07) is 18.7. The van der Waals surface area contributed by atoms with Crippen LogP contribution in [0.4, 0.5) is 5.69 Å². The number of benzene rings is 3. The van der Waals surface area contributed by atoms with Crippen LogP contribution in [0.15, 0.2) is 75.4 Å². The second kappa shape index (κ2) is 7.97. The molecule has 0 spiro atoms. The van der Waals surface area contributed by atoms with E-state index in [4.69, 9.17) is 33.0 Å². The fraction of sp³-hybridized carbons (Fsp3) is 0.0476. The van der Waals surface area contributed by atoms with Crippen LogP contribution in [0.25, 0.3) is 0 Å². The normalized spacial score (nSPS) is 12.5. The van der Waals surface area contributed by atoms with Crippen molar-refractivity contribution in [2.75, 3.05) is 7.11 Å². The first-order chi connectivity index (χ1) is 13.6. The number of carbonyl (C=O) groups excluding carboxylic acids is 1. The fourth-order valence-electron chi connectivity index (χ4n) is 2.92. The van der Waals surface area contributed by atoms with Crippen LogP contribution < -0.4 is 5.48 Å². The maximum absolute atomic E-state index is 12.2. The minimum absolute atomic E-state index is 0.335. The quantitative estimate of drug-likeness (QED) is 0.412. The standard InChI is InChI=1S/C21H14Cl2N2O2S/c1-27-25-21(26)12-6-9-19-17(10-12)24-20(14-8-7-13(22)11-16(14)23)15-4-2-3-5-18(15)28-19/h2-11H,1H3,(H,25,26). The molecule has 0 unspecified atom stereocenters. The van der Waals surface area contributed by atoms with Crippen LogP contribution in [-0.4, -0.2) is 18.7 Å². The highest BCUT2D eigenvalue weighted by molar-refractivity contribution is 7.99. The molecule has 28 heavy (non-hydrogen) atoms. The van der Waals surface area contributed by atoms with Gasteiger partial charge in [-0.1, -0.05) is 53.2 Å². The van der Waals surface area contributed by atoms with E-state index in [0.717, 1.165) is 26.6 Å². The third-order valence-corrected chi connectivity index (χ3v) is 5.89. The van der Waals surface area contributed by atoms with Crippen LogP contribution in [0.5, 0.6) is 0 Å². The molecule has 1 heterocycles. The Bertz CT molecular complexity index is 1120. The maximum atomic E-state index is 12.2. The Hall–Kier alpha value is -2.31. The zero-order valence-corrected chi connectivity index (χ0v) is 17.0. The van der Waals surface area contributed by atoms with Crippen molar-refractivity contribution in [3.63, 3.8) is 0 Å². The van der Waals surface area contributed by atoms with E-state index >= 15 is 0 Å². The molecule has 140 valence electrons. The third kappa shape index (κ3) is 3.66. The lowest BCUT2D eigenvalue weighted by Gasteiger charge is -2.10. The SMILES string of the molecule is CONC(=O)c1ccc2c(c1)N=C(c1ccc(Cl)cc1Cl)c1ccccc1S2. The molecule has 1 N–H and O–H groups in total. The Kier molecular flexibility index (Phi) is 5.42. The van der Waals surface area contributed by atoms with Gasteiger partial charge in [0.1, 0.15) is 0 Å². The molecule has 4 nitrogen and oxygen atoms in total. The number of hydrogen-bond donors (Lipinski definition) is 1. The number of carbonyl (C=O) groups is 1. The maximum Gasteiger partial charge on any atom is 0.274 e. The van der Waals surface area contributed by atoms with Crippen molar-refractivity contribution in [1.82, 2.24) is 5.48 Å². The highest BCUT2D eigenvalue weighted by atomic mass is 35.5. The molecule has 7 heteroatoms. The molecular weight excluding hydrogens is 415 g/mol. The lowest BCUT2D eigenvalue weighted by atomic mass is 10.0. The summed E-state index contributed by atoms with van der Waals surface area (Å²) in [4.78, 5) is 23.8. The van der Waals surface area contributed by atoms with Gasteiger partial charge in [-0.3, -0.25) is 9.63 Å².